The van der Waals surface area contributed by atoms with Crippen molar-refractivity contribution in [3.8, 4) is 0 Å². The molecular weight excluding hydrogens is 240 g/mol. The second-order valence-corrected chi connectivity index (χ2v) is 5.25. The Hall–Kier alpha value is -1.07. The molecule has 0 fully saturated rings. The maximum atomic E-state index is 9.40. The van der Waals surface area contributed by atoms with E-state index in [1.807, 2.05) is 18.7 Å². The lowest BCUT2D eigenvalue weighted by Gasteiger charge is -2.22. The Kier molecular flexibility index (Phi) is 6.31. The number of aromatic nitrogens is 2. The highest BCUT2D eigenvalue weighted by atomic mass is 16.3. The van der Waals surface area contributed by atoms with Crippen molar-refractivity contribution in [1.29, 1.82) is 0 Å². The molecule has 19 heavy (non-hydrogen) atoms. The van der Waals surface area contributed by atoms with Crippen molar-refractivity contribution in [2.24, 2.45) is 7.05 Å². The first-order chi connectivity index (χ1) is 8.97. The maximum absolute atomic E-state index is 9.40. The van der Waals surface area contributed by atoms with Crippen LogP contribution in [-0.4, -0.2) is 41.1 Å². The van der Waals surface area contributed by atoms with Crippen LogP contribution in [0, 0.1) is 6.92 Å². The van der Waals surface area contributed by atoms with Crippen molar-refractivity contribution in [3.05, 3.63) is 11.3 Å². The van der Waals surface area contributed by atoms with Crippen LogP contribution in [0.2, 0.25) is 0 Å². The second kappa shape index (κ2) is 7.50. The summed E-state index contributed by atoms with van der Waals surface area (Å²) in [6.45, 7) is 8.74. The van der Waals surface area contributed by atoms with Gasteiger partial charge in [0.15, 0.2) is 0 Å². The fourth-order valence-corrected chi connectivity index (χ4v) is 2.25. The molecule has 0 saturated carbocycles. The number of aliphatic hydroxyl groups is 1. The molecule has 5 nitrogen and oxygen atoms in total. The van der Waals surface area contributed by atoms with Gasteiger partial charge in [0.1, 0.15) is 5.82 Å². The van der Waals surface area contributed by atoms with Gasteiger partial charge in [0.2, 0.25) is 0 Å². The first-order valence-corrected chi connectivity index (χ1v) is 7.09. The zero-order chi connectivity index (χ0) is 14.4. The zero-order valence-electron chi connectivity index (χ0n) is 12.9. The van der Waals surface area contributed by atoms with Crippen LogP contribution in [0.3, 0.4) is 0 Å². The minimum atomic E-state index is -0.265. The van der Waals surface area contributed by atoms with Gasteiger partial charge in [0.05, 0.1) is 11.8 Å². The topological polar surface area (TPSA) is 53.3 Å². The minimum absolute atomic E-state index is 0.265. The van der Waals surface area contributed by atoms with Gasteiger partial charge in [-0.3, -0.25) is 4.68 Å². The highest BCUT2D eigenvalue weighted by Crippen LogP contribution is 2.22. The Morgan fingerprint density at radius 1 is 1.47 bits per heavy atom. The molecule has 1 atom stereocenters. The predicted octanol–water partition coefficient (Wildman–Crippen LogP) is 1.44. The fraction of sp³-hybridized carbons (Fsp3) is 0.786. The van der Waals surface area contributed by atoms with Crippen molar-refractivity contribution in [2.45, 2.75) is 46.3 Å². The van der Waals surface area contributed by atoms with Crippen molar-refractivity contribution in [1.82, 2.24) is 15.1 Å². The number of anilines is 1. The third-order valence-electron chi connectivity index (χ3n) is 3.29. The van der Waals surface area contributed by atoms with Gasteiger partial charge in [-0.1, -0.05) is 6.92 Å². The molecule has 1 aromatic rings. The van der Waals surface area contributed by atoms with E-state index in [4.69, 9.17) is 0 Å². The molecule has 0 bridgehead atoms. The van der Waals surface area contributed by atoms with Gasteiger partial charge in [-0.25, -0.2) is 0 Å². The summed E-state index contributed by atoms with van der Waals surface area (Å²) in [5, 5.41) is 17.4. The molecule has 1 aromatic heterocycles. The molecule has 5 heteroatoms. The summed E-state index contributed by atoms with van der Waals surface area (Å²) < 4.78 is 1.93. The SMILES string of the molecule is CCCNCc1c(C)nn(C)c1N(C)CCC(C)O. The normalized spacial score (nSPS) is 12.7. The number of nitrogens with one attached hydrogen (secondary N) is 1. The molecule has 0 radical (unpaired) electrons. The van der Waals surface area contributed by atoms with E-state index in [0.717, 1.165) is 44.0 Å². The summed E-state index contributed by atoms with van der Waals surface area (Å²) in [5.41, 5.74) is 2.33. The van der Waals surface area contributed by atoms with E-state index in [9.17, 15) is 5.11 Å². The zero-order valence-corrected chi connectivity index (χ0v) is 12.9. The van der Waals surface area contributed by atoms with Gasteiger partial charge in [0.25, 0.3) is 0 Å². The van der Waals surface area contributed by atoms with Crippen LogP contribution >= 0.6 is 0 Å². The molecule has 0 amide bonds. The van der Waals surface area contributed by atoms with E-state index in [-0.39, 0.29) is 6.10 Å². The van der Waals surface area contributed by atoms with Gasteiger partial charge in [0, 0.05) is 32.7 Å². The number of aliphatic hydroxyl groups excluding tert-OH is 1. The minimum Gasteiger partial charge on any atom is -0.393 e. The van der Waals surface area contributed by atoms with Crippen LogP contribution in [-0.2, 0) is 13.6 Å². The molecule has 0 aliphatic rings. The van der Waals surface area contributed by atoms with Gasteiger partial charge >= 0.3 is 0 Å². The lowest BCUT2D eigenvalue weighted by Crippen LogP contribution is -2.26. The number of hydrogen-bond acceptors (Lipinski definition) is 4. The van der Waals surface area contributed by atoms with Crippen molar-refractivity contribution in [2.75, 3.05) is 25.0 Å². The average Bonchev–Trinajstić information content (AvgIpc) is 2.62. The van der Waals surface area contributed by atoms with Crippen molar-refractivity contribution in [3.63, 3.8) is 0 Å². The standard InChI is InChI=1S/C14H28N4O/c1-6-8-15-10-13-12(3)16-18(5)14(13)17(4)9-7-11(2)19/h11,15,19H,6-10H2,1-5H3. The monoisotopic (exact) mass is 268 g/mol. The molecule has 0 aromatic carbocycles. The predicted molar refractivity (Wildman–Crippen MR) is 79.5 cm³/mol. The van der Waals surface area contributed by atoms with Gasteiger partial charge in [-0.2, -0.15) is 5.10 Å². The number of rotatable bonds is 8. The van der Waals surface area contributed by atoms with Crippen LogP contribution in [0.1, 0.15) is 37.9 Å². The van der Waals surface area contributed by atoms with E-state index in [1.54, 1.807) is 0 Å². The number of hydrogen-bond donors (Lipinski definition) is 2. The lowest BCUT2D eigenvalue weighted by molar-refractivity contribution is 0.186. The van der Waals surface area contributed by atoms with Crippen LogP contribution in [0.5, 0.6) is 0 Å². The van der Waals surface area contributed by atoms with Crippen LogP contribution in [0.4, 0.5) is 5.82 Å². The molecule has 1 rings (SSSR count). The van der Waals surface area contributed by atoms with Crippen LogP contribution in [0.25, 0.3) is 0 Å². The molecule has 0 saturated heterocycles. The summed E-state index contributed by atoms with van der Waals surface area (Å²) in [4.78, 5) is 2.18. The quantitative estimate of drug-likeness (QED) is 0.701. The Morgan fingerprint density at radius 2 is 2.16 bits per heavy atom. The van der Waals surface area contributed by atoms with Gasteiger partial charge in [-0.15, -0.1) is 0 Å². The summed E-state index contributed by atoms with van der Waals surface area (Å²) in [7, 11) is 4.03. The first-order valence-electron chi connectivity index (χ1n) is 7.09. The van der Waals surface area contributed by atoms with Crippen LogP contribution < -0.4 is 10.2 Å². The van der Waals surface area contributed by atoms with E-state index in [0.29, 0.717) is 0 Å². The molecular formula is C14H28N4O. The molecule has 2 N–H and O–H groups in total. The number of aryl methyl sites for hydroxylation is 2. The summed E-state index contributed by atoms with van der Waals surface area (Å²) in [6.07, 6.45) is 1.63. The Labute approximate surface area is 116 Å². The van der Waals surface area contributed by atoms with Crippen LogP contribution in [0.15, 0.2) is 0 Å². The lowest BCUT2D eigenvalue weighted by atomic mass is 10.2. The third-order valence-corrected chi connectivity index (χ3v) is 3.29. The van der Waals surface area contributed by atoms with E-state index in [1.165, 1.54) is 5.56 Å². The third kappa shape index (κ3) is 4.51. The van der Waals surface area contributed by atoms with Gasteiger partial charge < -0.3 is 15.3 Å². The Morgan fingerprint density at radius 3 is 2.74 bits per heavy atom. The highest BCUT2D eigenvalue weighted by molar-refractivity contribution is 5.49. The molecule has 1 heterocycles. The van der Waals surface area contributed by atoms with Crippen molar-refractivity contribution < 1.29 is 5.11 Å². The van der Waals surface area contributed by atoms with E-state index < -0.39 is 0 Å². The van der Waals surface area contributed by atoms with E-state index >= 15 is 0 Å². The largest absolute Gasteiger partial charge is 0.393 e. The fourth-order valence-electron chi connectivity index (χ4n) is 2.25. The summed E-state index contributed by atoms with van der Waals surface area (Å²) >= 11 is 0. The van der Waals surface area contributed by atoms with E-state index in [2.05, 4.69) is 36.2 Å². The molecule has 110 valence electrons. The van der Waals surface area contributed by atoms with Gasteiger partial charge in [-0.05, 0) is 33.2 Å². The average molecular weight is 268 g/mol. The Balaban J connectivity index is 2.79. The maximum Gasteiger partial charge on any atom is 0.131 e. The molecule has 1 unspecified atom stereocenters. The highest BCUT2D eigenvalue weighted by Gasteiger charge is 2.16. The number of nitrogens with zero attached hydrogens (tertiary/aromatic N) is 3. The second-order valence-electron chi connectivity index (χ2n) is 5.25. The summed E-state index contributed by atoms with van der Waals surface area (Å²) in [6, 6.07) is 0. The molecule has 0 aliphatic carbocycles. The van der Waals surface area contributed by atoms with Crippen molar-refractivity contribution >= 4 is 5.82 Å². The Bertz CT molecular complexity index is 387. The summed E-state index contributed by atoms with van der Waals surface area (Å²) in [5.74, 6) is 1.14. The first kappa shape index (κ1) is 16.0. The molecule has 0 spiro atoms. The smallest absolute Gasteiger partial charge is 0.131 e. The molecule has 0 aliphatic heterocycles.